The van der Waals surface area contributed by atoms with Crippen LogP contribution in [0.5, 0.6) is 0 Å². The van der Waals surface area contributed by atoms with Gasteiger partial charge in [-0.25, -0.2) is 4.98 Å². The summed E-state index contributed by atoms with van der Waals surface area (Å²) in [6, 6.07) is 0. The van der Waals surface area contributed by atoms with Crippen LogP contribution >= 0.6 is 12.2 Å². The fraction of sp³-hybridized carbons (Fsp3) is 0.333. The van der Waals surface area contributed by atoms with Crippen molar-refractivity contribution in [3.05, 3.63) is 11.6 Å². The van der Waals surface area contributed by atoms with Crippen LogP contribution in [0.25, 0.3) is 0 Å². The molecule has 0 fully saturated rings. The van der Waals surface area contributed by atoms with Crippen LogP contribution in [-0.4, -0.2) is 17.4 Å². The van der Waals surface area contributed by atoms with Crippen molar-refractivity contribution in [2.75, 3.05) is 12.4 Å². The Morgan fingerprint density at radius 3 is 2.91 bits per heavy atom. The second-order valence-electron chi connectivity index (χ2n) is 1.89. The minimum atomic E-state index is 0.290. The number of nitrogens with two attached hydrogens (primary N) is 1. The average molecular weight is 171 g/mol. The summed E-state index contributed by atoms with van der Waals surface area (Å²) in [7, 11) is 1.74. The Hall–Kier alpha value is -0.940. The third-order valence-corrected chi connectivity index (χ3v) is 1.43. The van der Waals surface area contributed by atoms with Crippen molar-refractivity contribution in [3.63, 3.8) is 0 Å². The third kappa shape index (κ3) is 1.55. The molecule has 0 saturated heterocycles. The Balaban J connectivity index is 3.01. The van der Waals surface area contributed by atoms with Crippen LogP contribution < -0.4 is 11.1 Å². The standard InChI is InChI=1S/C6H9N3OS/c1-8-6-4(3-11)9-5(2-7)10-6/h3,8H,2,7H2,1H3. The first-order valence-electron chi connectivity index (χ1n) is 3.14. The van der Waals surface area contributed by atoms with Crippen LogP contribution in [0.3, 0.4) is 0 Å². The molecule has 4 nitrogen and oxygen atoms in total. The molecule has 0 aliphatic carbocycles. The second kappa shape index (κ2) is 3.45. The first-order chi connectivity index (χ1) is 5.31. The highest BCUT2D eigenvalue weighted by Crippen LogP contribution is 2.13. The maximum absolute atomic E-state index is 5.31. The molecule has 0 spiro atoms. The fourth-order valence-electron chi connectivity index (χ4n) is 0.724. The van der Waals surface area contributed by atoms with E-state index in [2.05, 4.69) is 10.3 Å². The topological polar surface area (TPSA) is 64.1 Å². The molecule has 0 atom stereocenters. The molecule has 0 aliphatic heterocycles. The highest BCUT2D eigenvalue weighted by molar-refractivity contribution is 7.79. The summed E-state index contributed by atoms with van der Waals surface area (Å²) >= 11 is 4.71. The monoisotopic (exact) mass is 171 g/mol. The molecule has 0 aliphatic rings. The van der Waals surface area contributed by atoms with Crippen LogP contribution in [0.1, 0.15) is 11.6 Å². The van der Waals surface area contributed by atoms with E-state index in [1.807, 2.05) is 0 Å². The van der Waals surface area contributed by atoms with Gasteiger partial charge in [-0.15, -0.1) is 0 Å². The van der Waals surface area contributed by atoms with Gasteiger partial charge in [-0.3, -0.25) is 0 Å². The molecule has 0 aromatic carbocycles. The summed E-state index contributed by atoms with van der Waals surface area (Å²) in [5, 5.41) is 4.27. The predicted octanol–water partition coefficient (Wildman–Crippen LogP) is 0.523. The second-order valence-corrected chi connectivity index (χ2v) is 2.13. The average Bonchev–Trinajstić information content (AvgIpc) is 2.46. The lowest BCUT2D eigenvalue weighted by Gasteiger charge is -1.90. The molecule has 11 heavy (non-hydrogen) atoms. The lowest BCUT2D eigenvalue weighted by Crippen LogP contribution is -1.95. The molecule has 1 aromatic rings. The molecule has 0 saturated carbocycles. The van der Waals surface area contributed by atoms with E-state index in [1.54, 1.807) is 7.05 Å². The number of hydrogen-bond acceptors (Lipinski definition) is 5. The molecule has 60 valence electrons. The number of oxazole rings is 1. The Kier molecular flexibility index (Phi) is 2.56. The van der Waals surface area contributed by atoms with E-state index in [0.29, 0.717) is 17.5 Å². The quantitative estimate of drug-likeness (QED) is 0.649. The Morgan fingerprint density at radius 1 is 1.82 bits per heavy atom. The zero-order valence-electron chi connectivity index (χ0n) is 6.13. The minimum absolute atomic E-state index is 0.290. The minimum Gasteiger partial charge on any atom is -0.423 e. The lowest BCUT2D eigenvalue weighted by atomic mass is 10.5. The number of aromatic nitrogens is 1. The van der Waals surface area contributed by atoms with Crippen molar-refractivity contribution < 1.29 is 4.42 Å². The molecule has 0 amide bonds. The molecule has 0 bridgehead atoms. The van der Waals surface area contributed by atoms with Crippen molar-refractivity contribution in [1.82, 2.24) is 4.98 Å². The summed E-state index contributed by atoms with van der Waals surface area (Å²) in [4.78, 5) is 4.00. The Morgan fingerprint density at radius 2 is 2.55 bits per heavy atom. The molecule has 1 rings (SSSR count). The summed E-state index contributed by atoms with van der Waals surface area (Å²) in [6.45, 7) is 0.290. The predicted molar refractivity (Wildman–Crippen MR) is 46.7 cm³/mol. The molecule has 0 unspecified atom stereocenters. The summed E-state index contributed by atoms with van der Waals surface area (Å²) in [5.41, 5.74) is 5.94. The zero-order valence-corrected chi connectivity index (χ0v) is 6.94. The SMILES string of the molecule is CNc1oc(CN)nc1C=S. The van der Waals surface area contributed by atoms with Gasteiger partial charge in [-0.1, -0.05) is 12.2 Å². The summed E-state index contributed by atoms with van der Waals surface area (Å²) < 4.78 is 5.16. The van der Waals surface area contributed by atoms with Crippen molar-refractivity contribution in [3.8, 4) is 0 Å². The van der Waals surface area contributed by atoms with E-state index in [0.717, 1.165) is 0 Å². The van der Waals surface area contributed by atoms with Gasteiger partial charge in [0.15, 0.2) is 0 Å². The summed E-state index contributed by atoms with van der Waals surface area (Å²) in [5.74, 6) is 1.06. The largest absolute Gasteiger partial charge is 0.423 e. The van der Waals surface area contributed by atoms with Crippen molar-refractivity contribution in [2.45, 2.75) is 6.54 Å². The van der Waals surface area contributed by atoms with Gasteiger partial charge in [0, 0.05) is 12.4 Å². The number of nitrogens with one attached hydrogen (secondary N) is 1. The van der Waals surface area contributed by atoms with Gasteiger partial charge in [-0.2, -0.15) is 0 Å². The third-order valence-electron chi connectivity index (χ3n) is 1.21. The van der Waals surface area contributed by atoms with Crippen LogP contribution in [0.4, 0.5) is 5.88 Å². The van der Waals surface area contributed by atoms with E-state index in [9.17, 15) is 0 Å². The number of anilines is 1. The highest BCUT2D eigenvalue weighted by Gasteiger charge is 2.06. The molecule has 3 N–H and O–H groups in total. The Bertz CT molecular complexity index is 258. The molecule has 1 aromatic heterocycles. The van der Waals surface area contributed by atoms with Gasteiger partial charge in [0.05, 0.1) is 6.54 Å². The van der Waals surface area contributed by atoms with Gasteiger partial charge in [0.1, 0.15) is 5.69 Å². The maximum Gasteiger partial charge on any atom is 0.221 e. The van der Waals surface area contributed by atoms with Crippen molar-refractivity contribution >= 4 is 23.5 Å². The fourth-order valence-corrected chi connectivity index (χ4v) is 0.884. The highest BCUT2D eigenvalue weighted by atomic mass is 32.1. The van der Waals surface area contributed by atoms with E-state index < -0.39 is 0 Å². The van der Waals surface area contributed by atoms with Gasteiger partial charge in [-0.05, 0) is 0 Å². The van der Waals surface area contributed by atoms with E-state index in [4.69, 9.17) is 22.4 Å². The van der Waals surface area contributed by atoms with Crippen molar-refractivity contribution in [1.29, 1.82) is 0 Å². The number of nitrogens with zero attached hydrogens (tertiary/aromatic N) is 1. The van der Waals surface area contributed by atoms with Gasteiger partial charge in [0.25, 0.3) is 0 Å². The van der Waals surface area contributed by atoms with Crippen LogP contribution in [0.2, 0.25) is 0 Å². The van der Waals surface area contributed by atoms with Gasteiger partial charge < -0.3 is 15.5 Å². The number of hydrogen-bond donors (Lipinski definition) is 2. The molecular weight excluding hydrogens is 162 g/mol. The molecule has 1 heterocycles. The molecule has 5 heteroatoms. The number of rotatable bonds is 3. The first-order valence-corrected chi connectivity index (χ1v) is 3.61. The van der Waals surface area contributed by atoms with E-state index in [1.165, 1.54) is 5.37 Å². The molecule has 0 radical (unpaired) electrons. The van der Waals surface area contributed by atoms with Crippen LogP contribution in [0, 0.1) is 0 Å². The molecular formula is C6H9N3OS. The zero-order chi connectivity index (χ0) is 8.27. The van der Waals surface area contributed by atoms with Gasteiger partial charge >= 0.3 is 0 Å². The number of thiocarbonyl (C=S) groups is 1. The van der Waals surface area contributed by atoms with Crippen LogP contribution in [0.15, 0.2) is 4.42 Å². The first kappa shape index (κ1) is 8.16. The van der Waals surface area contributed by atoms with Crippen LogP contribution in [-0.2, 0) is 6.54 Å². The normalized spacial score (nSPS) is 9.64. The van der Waals surface area contributed by atoms with E-state index >= 15 is 0 Å². The maximum atomic E-state index is 5.31. The van der Waals surface area contributed by atoms with Crippen molar-refractivity contribution in [2.24, 2.45) is 5.73 Å². The summed E-state index contributed by atoms with van der Waals surface area (Å²) in [6.07, 6.45) is 0. The lowest BCUT2D eigenvalue weighted by molar-refractivity contribution is 0.511. The van der Waals surface area contributed by atoms with E-state index in [-0.39, 0.29) is 6.54 Å². The Labute approximate surface area is 69.8 Å². The van der Waals surface area contributed by atoms with Gasteiger partial charge in [0.2, 0.25) is 11.8 Å². The smallest absolute Gasteiger partial charge is 0.221 e.